The first-order valence-electron chi connectivity index (χ1n) is 6.25. The maximum absolute atomic E-state index is 5.46. The Kier molecular flexibility index (Phi) is 4.34. The maximum Gasteiger partial charge on any atom is 0.128 e. The Balaban J connectivity index is 2.12. The van der Waals surface area contributed by atoms with Crippen LogP contribution in [0.15, 0.2) is 12.1 Å². The Hall–Kier alpha value is -1.13. The largest absolute Gasteiger partial charge is 0.380 e. The molecular weight excluding hydrogens is 214 g/mol. The van der Waals surface area contributed by atoms with Crippen molar-refractivity contribution < 1.29 is 4.74 Å². The van der Waals surface area contributed by atoms with E-state index < -0.39 is 0 Å². The van der Waals surface area contributed by atoms with E-state index in [1.807, 2.05) is 7.05 Å². The molecule has 0 aliphatic carbocycles. The number of anilines is 1. The van der Waals surface area contributed by atoms with Crippen molar-refractivity contribution in [3.05, 3.63) is 23.4 Å². The van der Waals surface area contributed by atoms with Crippen molar-refractivity contribution >= 4 is 5.82 Å². The van der Waals surface area contributed by atoms with Crippen molar-refractivity contribution in [3.8, 4) is 0 Å². The quantitative estimate of drug-likeness (QED) is 0.858. The molecular formula is C13H21N3O. The van der Waals surface area contributed by atoms with Crippen LogP contribution in [0.25, 0.3) is 0 Å². The van der Waals surface area contributed by atoms with Gasteiger partial charge in [-0.05, 0) is 32.0 Å². The smallest absolute Gasteiger partial charge is 0.128 e. The zero-order valence-corrected chi connectivity index (χ0v) is 10.7. The molecule has 0 unspecified atom stereocenters. The fraction of sp³-hybridized carbons (Fsp3) is 0.615. The van der Waals surface area contributed by atoms with Gasteiger partial charge in [-0.1, -0.05) is 6.07 Å². The van der Waals surface area contributed by atoms with Crippen LogP contribution in [0.5, 0.6) is 0 Å². The number of aromatic nitrogens is 1. The Bertz CT molecular complexity index is 360. The molecule has 0 bridgehead atoms. The summed E-state index contributed by atoms with van der Waals surface area (Å²) in [5, 5.41) is 3.16. The SMILES string of the molecule is CNCc1ccc(N2CCCOCC2)nc1C. The van der Waals surface area contributed by atoms with Crippen LogP contribution < -0.4 is 10.2 Å². The molecule has 1 aliphatic heterocycles. The van der Waals surface area contributed by atoms with E-state index in [-0.39, 0.29) is 0 Å². The molecule has 1 aromatic rings. The predicted molar refractivity (Wildman–Crippen MR) is 69.4 cm³/mol. The normalized spacial score (nSPS) is 16.9. The Morgan fingerprint density at radius 2 is 2.24 bits per heavy atom. The van der Waals surface area contributed by atoms with Crippen molar-refractivity contribution in [1.82, 2.24) is 10.3 Å². The molecule has 0 spiro atoms. The lowest BCUT2D eigenvalue weighted by Gasteiger charge is -2.21. The van der Waals surface area contributed by atoms with Crippen LogP contribution >= 0.6 is 0 Å². The average molecular weight is 235 g/mol. The highest BCUT2D eigenvalue weighted by Crippen LogP contribution is 2.16. The molecule has 1 N–H and O–H groups in total. The summed E-state index contributed by atoms with van der Waals surface area (Å²) in [5.41, 5.74) is 2.38. The minimum Gasteiger partial charge on any atom is -0.380 e. The highest BCUT2D eigenvalue weighted by Gasteiger charge is 2.12. The number of hydrogen-bond acceptors (Lipinski definition) is 4. The van der Waals surface area contributed by atoms with Gasteiger partial charge >= 0.3 is 0 Å². The minimum atomic E-state index is 0.805. The van der Waals surface area contributed by atoms with Gasteiger partial charge in [0.05, 0.1) is 6.61 Å². The van der Waals surface area contributed by atoms with E-state index in [1.165, 1.54) is 5.56 Å². The molecule has 1 fully saturated rings. The fourth-order valence-corrected chi connectivity index (χ4v) is 2.11. The van der Waals surface area contributed by atoms with E-state index in [0.29, 0.717) is 0 Å². The molecule has 0 atom stereocenters. The summed E-state index contributed by atoms with van der Waals surface area (Å²) in [7, 11) is 1.96. The van der Waals surface area contributed by atoms with Gasteiger partial charge in [-0.25, -0.2) is 4.98 Å². The molecule has 0 amide bonds. The van der Waals surface area contributed by atoms with Crippen LogP contribution in [-0.4, -0.2) is 38.3 Å². The third-order valence-electron chi connectivity index (χ3n) is 3.09. The van der Waals surface area contributed by atoms with Gasteiger partial charge in [-0.2, -0.15) is 0 Å². The molecule has 0 radical (unpaired) electrons. The molecule has 1 aliphatic rings. The molecule has 2 rings (SSSR count). The summed E-state index contributed by atoms with van der Waals surface area (Å²) < 4.78 is 5.46. The second-order valence-corrected chi connectivity index (χ2v) is 4.40. The third-order valence-corrected chi connectivity index (χ3v) is 3.09. The topological polar surface area (TPSA) is 37.4 Å². The summed E-state index contributed by atoms with van der Waals surface area (Å²) in [6.07, 6.45) is 1.08. The van der Waals surface area contributed by atoms with Crippen LogP contribution in [0.2, 0.25) is 0 Å². The number of rotatable bonds is 3. The zero-order valence-electron chi connectivity index (χ0n) is 10.7. The monoisotopic (exact) mass is 235 g/mol. The molecule has 0 aromatic carbocycles. The van der Waals surface area contributed by atoms with E-state index in [9.17, 15) is 0 Å². The van der Waals surface area contributed by atoms with E-state index in [0.717, 1.165) is 50.8 Å². The standard InChI is InChI=1S/C13H21N3O/c1-11-12(10-14-2)4-5-13(15-11)16-6-3-8-17-9-7-16/h4-5,14H,3,6-10H2,1-2H3. The first-order chi connectivity index (χ1) is 8.31. The van der Waals surface area contributed by atoms with Crippen LogP contribution in [0.3, 0.4) is 0 Å². The number of nitrogens with zero attached hydrogens (tertiary/aromatic N) is 2. The van der Waals surface area contributed by atoms with E-state index in [1.54, 1.807) is 0 Å². The number of pyridine rings is 1. The lowest BCUT2D eigenvalue weighted by atomic mass is 10.2. The summed E-state index contributed by atoms with van der Waals surface area (Å²) in [6, 6.07) is 4.28. The van der Waals surface area contributed by atoms with E-state index >= 15 is 0 Å². The third kappa shape index (κ3) is 3.17. The van der Waals surface area contributed by atoms with Crippen molar-refractivity contribution in [1.29, 1.82) is 0 Å². The molecule has 1 aromatic heterocycles. The van der Waals surface area contributed by atoms with Crippen LogP contribution in [0.1, 0.15) is 17.7 Å². The van der Waals surface area contributed by atoms with E-state index in [4.69, 9.17) is 4.74 Å². The number of nitrogens with one attached hydrogen (secondary N) is 1. The molecule has 17 heavy (non-hydrogen) atoms. The Labute approximate surface area is 103 Å². The molecule has 94 valence electrons. The van der Waals surface area contributed by atoms with Gasteiger partial charge in [0.25, 0.3) is 0 Å². The van der Waals surface area contributed by atoms with Gasteiger partial charge in [0.2, 0.25) is 0 Å². The molecule has 1 saturated heterocycles. The average Bonchev–Trinajstić information content (AvgIpc) is 2.60. The summed E-state index contributed by atoms with van der Waals surface area (Å²) in [5.74, 6) is 1.08. The maximum atomic E-state index is 5.46. The zero-order chi connectivity index (χ0) is 12.1. The minimum absolute atomic E-state index is 0.805. The Morgan fingerprint density at radius 1 is 1.35 bits per heavy atom. The van der Waals surface area contributed by atoms with Gasteiger partial charge in [0.15, 0.2) is 0 Å². The van der Waals surface area contributed by atoms with Gasteiger partial charge < -0.3 is 15.0 Å². The van der Waals surface area contributed by atoms with Gasteiger partial charge in [-0.3, -0.25) is 0 Å². The fourth-order valence-electron chi connectivity index (χ4n) is 2.11. The van der Waals surface area contributed by atoms with Crippen molar-refractivity contribution in [2.45, 2.75) is 19.9 Å². The van der Waals surface area contributed by atoms with Gasteiger partial charge in [0.1, 0.15) is 5.82 Å². The first-order valence-corrected chi connectivity index (χ1v) is 6.25. The van der Waals surface area contributed by atoms with Crippen molar-refractivity contribution in [2.24, 2.45) is 0 Å². The van der Waals surface area contributed by atoms with Gasteiger partial charge in [-0.15, -0.1) is 0 Å². The molecule has 2 heterocycles. The summed E-state index contributed by atoms with van der Waals surface area (Å²) >= 11 is 0. The summed E-state index contributed by atoms with van der Waals surface area (Å²) in [6.45, 7) is 6.61. The van der Waals surface area contributed by atoms with E-state index in [2.05, 4.69) is 34.3 Å². The second kappa shape index (κ2) is 5.98. The molecule has 4 heteroatoms. The number of hydrogen-bond donors (Lipinski definition) is 1. The highest BCUT2D eigenvalue weighted by molar-refractivity contribution is 5.41. The number of ether oxygens (including phenoxy) is 1. The van der Waals surface area contributed by atoms with Gasteiger partial charge in [0, 0.05) is 31.9 Å². The number of aryl methyl sites for hydroxylation is 1. The van der Waals surface area contributed by atoms with Crippen LogP contribution in [-0.2, 0) is 11.3 Å². The van der Waals surface area contributed by atoms with Crippen LogP contribution in [0, 0.1) is 6.92 Å². The second-order valence-electron chi connectivity index (χ2n) is 4.40. The first kappa shape index (κ1) is 12.3. The Morgan fingerprint density at radius 3 is 3.00 bits per heavy atom. The predicted octanol–water partition coefficient (Wildman–Crippen LogP) is 1.34. The molecule has 0 saturated carbocycles. The summed E-state index contributed by atoms with van der Waals surface area (Å²) in [4.78, 5) is 7.00. The van der Waals surface area contributed by atoms with Crippen molar-refractivity contribution in [3.63, 3.8) is 0 Å². The lowest BCUT2D eigenvalue weighted by molar-refractivity contribution is 0.152. The lowest BCUT2D eigenvalue weighted by Crippen LogP contribution is -2.27. The van der Waals surface area contributed by atoms with Crippen molar-refractivity contribution in [2.75, 3.05) is 38.3 Å². The van der Waals surface area contributed by atoms with Crippen LogP contribution in [0.4, 0.5) is 5.82 Å². The highest BCUT2D eigenvalue weighted by atomic mass is 16.5. The molecule has 4 nitrogen and oxygen atoms in total.